The number of pyridine rings is 1. The first-order chi connectivity index (χ1) is 14.6. The summed E-state index contributed by atoms with van der Waals surface area (Å²) in [6.07, 6.45) is 1.69. The van der Waals surface area contributed by atoms with Gasteiger partial charge in [-0.1, -0.05) is 80.6 Å². The van der Waals surface area contributed by atoms with Gasteiger partial charge in [-0.05, 0) is 29.2 Å². The van der Waals surface area contributed by atoms with E-state index in [9.17, 15) is 9.59 Å². The predicted octanol–water partition coefficient (Wildman–Crippen LogP) is 3.67. The molecule has 2 aromatic carbocycles. The van der Waals surface area contributed by atoms with E-state index in [1.54, 1.807) is 6.20 Å². The predicted molar refractivity (Wildman–Crippen MR) is 118 cm³/mol. The van der Waals surface area contributed by atoms with E-state index < -0.39 is 12.0 Å². The van der Waals surface area contributed by atoms with Crippen LogP contribution in [-0.2, 0) is 16.1 Å². The Kier molecular flexibility index (Phi) is 7.33. The second-order valence-corrected chi connectivity index (χ2v) is 7.52. The third-order valence-corrected chi connectivity index (χ3v) is 4.94. The van der Waals surface area contributed by atoms with Crippen LogP contribution in [-0.4, -0.2) is 22.8 Å². The fourth-order valence-electron chi connectivity index (χ4n) is 3.35. The lowest BCUT2D eigenvalue weighted by Crippen LogP contribution is -2.50. The molecular formula is C25H27N3O2. The van der Waals surface area contributed by atoms with Gasteiger partial charge in [0.25, 0.3) is 0 Å². The van der Waals surface area contributed by atoms with Gasteiger partial charge >= 0.3 is 0 Å². The number of nitrogens with one attached hydrogen (secondary N) is 2. The van der Waals surface area contributed by atoms with Crippen LogP contribution >= 0.6 is 0 Å². The Hall–Kier alpha value is -3.47. The Morgan fingerprint density at radius 2 is 1.37 bits per heavy atom. The highest BCUT2D eigenvalue weighted by atomic mass is 16.2. The lowest BCUT2D eigenvalue weighted by molar-refractivity contribution is -0.130. The normalized spacial score (nSPS) is 11.9. The minimum atomic E-state index is -0.642. The van der Waals surface area contributed by atoms with Crippen LogP contribution in [0.5, 0.6) is 0 Å². The molecule has 3 aromatic rings. The summed E-state index contributed by atoms with van der Waals surface area (Å²) in [6.45, 7) is 4.16. The molecule has 5 nitrogen and oxygen atoms in total. The second-order valence-electron chi connectivity index (χ2n) is 7.52. The van der Waals surface area contributed by atoms with Gasteiger partial charge in [-0.2, -0.15) is 0 Å². The van der Waals surface area contributed by atoms with Crippen LogP contribution in [0.4, 0.5) is 0 Å². The summed E-state index contributed by atoms with van der Waals surface area (Å²) in [5.74, 6) is -0.968. The van der Waals surface area contributed by atoms with Crippen molar-refractivity contribution in [3.8, 4) is 0 Å². The zero-order valence-corrected chi connectivity index (χ0v) is 17.3. The number of carbonyl (C=O) groups is 2. The van der Waals surface area contributed by atoms with Crippen LogP contribution in [0, 0.1) is 5.92 Å². The van der Waals surface area contributed by atoms with Gasteiger partial charge in [0.05, 0.1) is 18.2 Å². The first-order valence-electron chi connectivity index (χ1n) is 10.1. The van der Waals surface area contributed by atoms with E-state index in [2.05, 4.69) is 15.6 Å². The van der Waals surface area contributed by atoms with Gasteiger partial charge < -0.3 is 10.6 Å². The molecule has 0 spiro atoms. The third-order valence-electron chi connectivity index (χ3n) is 4.94. The fourth-order valence-corrected chi connectivity index (χ4v) is 3.35. The van der Waals surface area contributed by atoms with E-state index in [1.807, 2.05) is 92.7 Å². The zero-order chi connectivity index (χ0) is 21.3. The molecule has 5 heteroatoms. The van der Waals surface area contributed by atoms with Crippen LogP contribution in [0.1, 0.15) is 36.6 Å². The summed E-state index contributed by atoms with van der Waals surface area (Å²) in [7, 11) is 0. The molecule has 0 radical (unpaired) electrons. The van der Waals surface area contributed by atoms with E-state index in [4.69, 9.17) is 0 Å². The number of benzene rings is 2. The Balaban J connectivity index is 1.77. The fraction of sp³-hybridized carbons (Fsp3) is 0.240. The van der Waals surface area contributed by atoms with Crippen molar-refractivity contribution in [2.24, 2.45) is 5.92 Å². The Labute approximate surface area is 177 Å². The van der Waals surface area contributed by atoms with Crippen LogP contribution in [0.15, 0.2) is 85.1 Å². The first kappa shape index (κ1) is 21.2. The topological polar surface area (TPSA) is 71.1 Å². The second kappa shape index (κ2) is 10.3. The summed E-state index contributed by atoms with van der Waals surface area (Å²) in [4.78, 5) is 30.4. The summed E-state index contributed by atoms with van der Waals surface area (Å²) in [5, 5.41) is 5.87. The monoisotopic (exact) mass is 401 g/mol. The van der Waals surface area contributed by atoms with Crippen LogP contribution in [0.3, 0.4) is 0 Å². The maximum atomic E-state index is 13.3. The number of aromatic nitrogens is 1. The number of rotatable bonds is 8. The van der Waals surface area contributed by atoms with Gasteiger partial charge in [-0.15, -0.1) is 0 Å². The zero-order valence-electron chi connectivity index (χ0n) is 17.3. The molecule has 0 bridgehead atoms. The Morgan fingerprint density at radius 3 is 1.87 bits per heavy atom. The molecule has 0 saturated carbocycles. The van der Waals surface area contributed by atoms with Crippen molar-refractivity contribution in [1.82, 2.24) is 15.6 Å². The number of amides is 2. The SMILES string of the molecule is CC(C)[C@@H](NC(=O)C(c1ccccc1)c1ccccc1)C(=O)NCc1ccccn1. The molecule has 0 fully saturated rings. The lowest BCUT2D eigenvalue weighted by Gasteiger charge is -2.25. The molecule has 1 heterocycles. The summed E-state index contributed by atoms with van der Waals surface area (Å²) in [5.41, 5.74) is 2.54. The molecule has 154 valence electrons. The molecule has 3 rings (SSSR count). The number of hydrogen-bond donors (Lipinski definition) is 2. The summed E-state index contributed by atoms with van der Waals surface area (Å²) in [6, 6.07) is 24.1. The highest BCUT2D eigenvalue weighted by Crippen LogP contribution is 2.25. The Bertz CT molecular complexity index is 904. The number of carbonyl (C=O) groups excluding carboxylic acids is 2. The van der Waals surface area contributed by atoms with Gasteiger partial charge in [-0.25, -0.2) is 0 Å². The maximum Gasteiger partial charge on any atom is 0.243 e. The molecule has 1 atom stereocenters. The van der Waals surface area contributed by atoms with Crippen molar-refractivity contribution in [2.45, 2.75) is 32.4 Å². The molecule has 2 N–H and O–H groups in total. The molecule has 0 aliphatic carbocycles. The highest BCUT2D eigenvalue weighted by molar-refractivity contribution is 5.92. The molecular weight excluding hydrogens is 374 g/mol. The molecule has 30 heavy (non-hydrogen) atoms. The van der Waals surface area contributed by atoms with Crippen molar-refractivity contribution in [3.63, 3.8) is 0 Å². The molecule has 0 aliphatic heterocycles. The third kappa shape index (κ3) is 5.54. The summed E-state index contributed by atoms with van der Waals surface area (Å²) < 4.78 is 0. The van der Waals surface area contributed by atoms with Crippen LogP contribution < -0.4 is 10.6 Å². The van der Waals surface area contributed by atoms with E-state index in [0.717, 1.165) is 16.8 Å². The average molecular weight is 402 g/mol. The smallest absolute Gasteiger partial charge is 0.243 e. The van der Waals surface area contributed by atoms with Gasteiger partial charge in [0.15, 0.2) is 0 Å². The molecule has 0 unspecified atom stereocenters. The minimum absolute atomic E-state index is 0.0649. The van der Waals surface area contributed by atoms with Crippen LogP contribution in [0.2, 0.25) is 0 Å². The standard InChI is InChI=1S/C25H27N3O2/c1-18(2)23(25(30)27-17-21-15-9-10-16-26-21)28-24(29)22(19-11-5-3-6-12-19)20-13-7-4-8-14-20/h3-16,18,22-23H,17H2,1-2H3,(H,27,30)(H,28,29)/t23-/m1/s1. The van der Waals surface area contributed by atoms with Crippen molar-refractivity contribution in [3.05, 3.63) is 102 Å². The number of hydrogen-bond acceptors (Lipinski definition) is 3. The van der Waals surface area contributed by atoms with E-state index in [0.29, 0.717) is 6.54 Å². The van der Waals surface area contributed by atoms with E-state index in [-0.39, 0.29) is 17.7 Å². The highest BCUT2D eigenvalue weighted by Gasteiger charge is 2.29. The van der Waals surface area contributed by atoms with Crippen molar-refractivity contribution >= 4 is 11.8 Å². The summed E-state index contributed by atoms with van der Waals surface area (Å²) >= 11 is 0. The van der Waals surface area contributed by atoms with Gasteiger partial charge in [0.2, 0.25) is 11.8 Å². The largest absolute Gasteiger partial charge is 0.349 e. The van der Waals surface area contributed by atoms with Crippen LogP contribution in [0.25, 0.3) is 0 Å². The van der Waals surface area contributed by atoms with Gasteiger partial charge in [0, 0.05) is 6.20 Å². The number of nitrogens with zero attached hydrogens (tertiary/aromatic N) is 1. The van der Waals surface area contributed by atoms with Crippen molar-refractivity contribution in [2.75, 3.05) is 0 Å². The molecule has 2 amide bonds. The van der Waals surface area contributed by atoms with Crippen molar-refractivity contribution in [1.29, 1.82) is 0 Å². The van der Waals surface area contributed by atoms with E-state index >= 15 is 0 Å². The molecule has 0 saturated heterocycles. The average Bonchev–Trinajstić information content (AvgIpc) is 2.78. The quantitative estimate of drug-likeness (QED) is 0.605. The molecule has 0 aliphatic rings. The maximum absolute atomic E-state index is 13.3. The van der Waals surface area contributed by atoms with E-state index in [1.165, 1.54) is 0 Å². The lowest BCUT2D eigenvalue weighted by atomic mass is 9.89. The van der Waals surface area contributed by atoms with Gasteiger partial charge in [-0.3, -0.25) is 14.6 Å². The van der Waals surface area contributed by atoms with Gasteiger partial charge in [0.1, 0.15) is 6.04 Å². The molecule has 1 aromatic heterocycles. The van der Waals surface area contributed by atoms with Crippen molar-refractivity contribution < 1.29 is 9.59 Å². The Morgan fingerprint density at radius 1 is 0.800 bits per heavy atom. The minimum Gasteiger partial charge on any atom is -0.349 e. The first-order valence-corrected chi connectivity index (χ1v) is 10.1.